The molecule has 0 bridgehead atoms. The monoisotopic (exact) mass is 260 g/mol. The van der Waals surface area contributed by atoms with Crippen LogP contribution in [-0.4, -0.2) is 28.6 Å². The van der Waals surface area contributed by atoms with Gasteiger partial charge in [-0.3, -0.25) is 0 Å². The van der Waals surface area contributed by atoms with Crippen LogP contribution in [0.25, 0.3) is 0 Å². The quantitative estimate of drug-likeness (QED) is 0.443. The Balaban J connectivity index is 4.32. The second-order valence-corrected chi connectivity index (χ2v) is 6.92. The first kappa shape index (κ1) is 16.8. The van der Waals surface area contributed by atoms with E-state index >= 15 is 0 Å². The van der Waals surface area contributed by atoms with E-state index in [1.54, 1.807) is 0 Å². The van der Waals surface area contributed by atoms with Gasteiger partial charge in [0.15, 0.2) is 0 Å². The summed E-state index contributed by atoms with van der Waals surface area (Å²) in [7, 11) is -2.42. The van der Waals surface area contributed by atoms with Crippen molar-refractivity contribution in [1.29, 1.82) is 0 Å². The van der Waals surface area contributed by atoms with Crippen LogP contribution in [0.2, 0.25) is 6.04 Å². The van der Waals surface area contributed by atoms with Crippen LogP contribution < -0.4 is 0 Å². The summed E-state index contributed by atoms with van der Waals surface area (Å²) in [5.74, 6) is 0.595. The summed E-state index contributed by atoms with van der Waals surface area (Å²) in [5.41, 5.74) is 0. The summed E-state index contributed by atoms with van der Waals surface area (Å²) >= 11 is 0. The zero-order chi connectivity index (χ0) is 13.1. The van der Waals surface area contributed by atoms with Crippen molar-refractivity contribution in [2.45, 2.75) is 47.1 Å². The summed E-state index contributed by atoms with van der Waals surface area (Å²) in [6, 6.07) is 0.867. The molecule has 0 atom stereocenters. The molecule has 0 aliphatic heterocycles. The molecule has 0 radical (unpaired) electrons. The van der Waals surface area contributed by atoms with E-state index < -0.39 is 8.80 Å². The van der Waals surface area contributed by atoms with Gasteiger partial charge in [-0.05, 0) is 33.1 Å². The lowest BCUT2D eigenvalue weighted by Gasteiger charge is -2.28. The van der Waals surface area contributed by atoms with E-state index in [0.29, 0.717) is 25.7 Å². The second-order valence-electron chi connectivity index (χ2n) is 4.19. The minimum absolute atomic E-state index is 0.595. The molecule has 0 saturated heterocycles. The zero-order valence-electron chi connectivity index (χ0n) is 12.0. The Hall–Kier alpha value is -0.163. The Kier molecular flexibility index (Phi) is 9.73. The molecule has 17 heavy (non-hydrogen) atoms. The number of allylic oxidation sites excluding steroid dienone is 2. The maximum atomic E-state index is 5.78. The van der Waals surface area contributed by atoms with E-state index in [4.69, 9.17) is 13.3 Å². The van der Waals surface area contributed by atoms with E-state index in [2.05, 4.69) is 26.0 Å². The number of rotatable bonds is 10. The summed E-state index contributed by atoms with van der Waals surface area (Å²) in [6.45, 7) is 12.3. The average Bonchev–Trinajstić information content (AvgIpc) is 2.25. The smallest absolute Gasteiger partial charge is 0.374 e. The van der Waals surface area contributed by atoms with Crippen molar-refractivity contribution in [2.24, 2.45) is 5.92 Å². The highest BCUT2D eigenvalue weighted by atomic mass is 28.4. The van der Waals surface area contributed by atoms with E-state index in [1.807, 2.05) is 20.8 Å². The molecular weight excluding hydrogens is 232 g/mol. The first-order valence-electron chi connectivity index (χ1n) is 6.68. The van der Waals surface area contributed by atoms with Gasteiger partial charge >= 0.3 is 8.80 Å². The molecule has 0 saturated carbocycles. The fourth-order valence-electron chi connectivity index (χ4n) is 1.63. The molecule has 0 unspecified atom stereocenters. The van der Waals surface area contributed by atoms with Gasteiger partial charge in [0.2, 0.25) is 0 Å². The van der Waals surface area contributed by atoms with Gasteiger partial charge in [0.25, 0.3) is 0 Å². The molecule has 0 fully saturated rings. The largest absolute Gasteiger partial charge is 0.501 e. The average molecular weight is 260 g/mol. The highest BCUT2D eigenvalue weighted by molar-refractivity contribution is 6.60. The van der Waals surface area contributed by atoms with E-state index in [1.165, 1.54) is 0 Å². The topological polar surface area (TPSA) is 27.7 Å². The van der Waals surface area contributed by atoms with Gasteiger partial charge in [-0.1, -0.05) is 26.0 Å². The summed E-state index contributed by atoms with van der Waals surface area (Å²) in [5, 5.41) is 0. The van der Waals surface area contributed by atoms with Crippen LogP contribution in [0.15, 0.2) is 12.2 Å². The Morgan fingerprint density at radius 1 is 0.941 bits per heavy atom. The van der Waals surface area contributed by atoms with Crippen molar-refractivity contribution >= 4 is 8.80 Å². The highest BCUT2D eigenvalue weighted by Gasteiger charge is 2.39. The van der Waals surface area contributed by atoms with Crippen molar-refractivity contribution < 1.29 is 13.3 Å². The van der Waals surface area contributed by atoms with Crippen molar-refractivity contribution in [1.82, 2.24) is 0 Å². The Morgan fingerprint density at radius 3 is 1.76 bits per heavy atom. The molecule has 0 aromatic heterocycles. The zero-order valence-corrected chi connectivity index (χ0v) is 13.0. The number of hydrogen-bond donors (Lipinski definition) is 0. The molecule has 0 spiro atoms. The van der Waals surface area contributed by atoms with Gasteiger partial charge in [-0.2, -0.15) is 0 Å². The highest BCUT2D eigenvalue weighted by Crippen LogP contribution is 2.18. The summed E-state index contributed by atoms with van der Waals surface area (Å²) in [6.07, 6.45) is 5.37. The molecule has 102 valence electrons. The van der Waals surface area contributed by atoms with Gasteiger partial charge in [0, 0.05) is 25.9 Å². The second kappa shape index (κ2) is 9.83. The first-order chi connectivity index (χ1) is 8.10. The molecule has 0 N–H and O–H groups in total. The van der Waals surface area contributed by atoms with Crippen LogP contribution in [0.3, 0.4) is 0 Å². The van der Waals surface area contributed by atoms with Gasteiger partial charge in [0.05, 0.1) is 0 Å². The van der Waals surface area contributed by atoms with E-state index in [-0.39, 0.29) is 0 Å². The molecular formula is C13H28O3Si. The van der Waals surface area contributed by atoms with E-state index in [0.717, 1.165) is 12.5 Å². The SMILES string of the molecule is CCO[Si](CCC=CC(C)C)(OCC)OCC. The van der Waals surface area contributed by atoms with Crippen LogP contribution in [0.1, 0.15) is 41.0 Å². The van der Waals surface area contributed by atoms with Crippen LogP contribution in [-0.2, 0) is 13.3 Å². The normalized spacial score (nSPS) is 12.8. The van der Waals surface area contributed by atoms with Crippen LogP contribution in [0, 0.1) is 5.92 Å². The first-order valence-corrected chi connectivity index (χ1v) is 8.61. The van der Waals surface area contributed by atoms with Gasteiger partial charge in [0.1, 0.15) is 0 Å². The fourth-order valence-corrected chi connectivity index (χ4v) is 4.15. The molecule has 0 aromatic carbocycles. The van der Waals surface area contributed by atoms with Crippen LogP contribution in [0.5, 0.6) is 0 Å². The minimum Gasteiger partial charge on any atom is -0.374 e. The summed E-state index contributed by atoms with van der Waals surface area (Å²) < 4.78 is 17.3. The molecule has 0 heterocycles. The Labute approximate surface area is 108 Å². The van der Waals surface area contributed by atoms with Crippen molar-refractivity contribution in [3.63, 3.8) is 0 Å². The van der Waals surface area contributed by atoms with Gasteiger partial charge in [-0.25, -0.2) is 0 Å². The Morgan fingerprint density at radius 2 is 1.41 bits per heavy atom. The minimum atomic E-state index is -2.42. The van der Waals surface area contributed by atoms with Crippen molar-refractivity contribution in [3.8, 4) is 0 Å². The maximum Gasteiger partial charge on any atom is 0.501 e. The summed E-state index contributed by atoms with van der Waals surface area (Å²) in [4.78, 5) is 0. The third kappa shape index (κ3) is 7.71. The van der Waals surface area contributed by atoms with Gasteiger partial charge < -0.3 is 13.3 Å². The van der Waals surface area contributed by atoms with E-state index in [9.17, 15) is 0 Å². The molecule has 0 amide bonds. The maximum absolute atomic E-state index is 5.78. The lowest BCUT2D eigenvalue weighted by molar-refractivity contribution is 0.0716. The third-order valence-corrected chi connectivity index (χ3v) is 5.32. The lowest BCUT2D eigenvalue weighted by atomic mass is 10.2. The standard InChI is InChI=1S/C13H28O3Si/c1-6-14-17(15-7-2,16-8-3)12-10-9-11-13(4)5/h9,11,13H,6-8,10,12H2,1-5H3. The lowest BCUT2D eigenvalue weighted by Crippen LogP contribution is -2.45. The van der Waals surface area contributed by atoms with Crippen molar-refractivity contribution in [2.75, 3.05) is 19.8 Å². The molecule has 0 aromatic rings. The predicted octanol–water partition coefficient (Wildman–Crippen LogP) is 3.64. The third-order valence-electron chi connectivity index (χ3n) is 2.23. The van der Waals surface area contributed by atoms with Crippen molar-refractivity contribution in [3.05, 3.63) is 12.2 Å². The number of hydrogen-bond acceptors (Lipinski definition) is 3. The molecule has 0 rings (SSSR count). The molecule has 0 aliphatic rings. The van der Waals surface area contributed by atoms with Crippen LogP contribution in [0.4, 0.5) is 0 Å². The van der Waals surface area contributed by atoms with Gasteiger partial charge in [-0.15, -0.1) is 0 Å². The fraction of sp³-hybridized carbons (Fsp3) is 0.846. The molecule has 0 aliphatic carbocycles. The predicted molar refractivity (Wildman–Crippen MR) is 74.0 cm³/mol. The molecule has 4 heteroatoms. The van der Waals surface area contributed by atoms with Crippen LogP contribution >= 0.6 is 0 Å². The molecule has 3 nitrogen and oxygen atoms in total. The Bertz CT molecular complexity index is 188.